The van der Waals surface area contributed by atoms with Gasteiger partial charge in [-0.05, 0) is 63.0 Å². The van der Waals surface area contributed by atoms with Crippen molar-refractivity contribution in [3.63, 3.8) is 0 Å². The highest BCUT2D eigenvalue weighted by Crippen LogP contribution is 2.23. The molecule has 2 heterocycles. The van der Waals surface area contributed by atoms with E-state index in [1.54, 1.807) is 4.90 Å². The van der Waals surface area contributed by atoms with Gasteiger partial charge in [-0.25, -0.2) is 0 Å². The second-order valence-corrected chi connectivity index (χ2v) is 9.11. The zero-order valence-corrected chi connectivity index (χ0v) is 17.8. The molecule has 2 fully saturated rings. The quantitative estimate of drug-likeness (QED) is 0.690. The minimum atomic E-state index is 0.488. The number of quaternary nitrogens is 1. The van der Waals surface area contributed by atoms with Gasteiger partial charge >= 0.3 is 0 Å². The molecule has 0 aliphatic carbocycles. The van der Waals surface area contributed by atoms with Gasteiger partial charge < -0.3 is 15.5 Å². The Morgan fingerprint density at radius 1 is 1.00 bits per heavy atom. The lowest BCUT2D eigenvalue weighted by molar-refractivity contribution is -0.973. The number of rotatable bonds is 4. The standard InChI is InChI=1S/C24H31N3S/c1-17-9-11-19(12-10-17)16-27-22-7-4-8-23(27)15-21(14-22)26-24(28)25-20-6-3-5-18(2)13-20/h3,5-6,9-13,21-23H,4,7-8,14-16H2,1-2H3,(H2,25,26,28)/p+1/t21?,22-,23+. The van der Waals surface area contributed by atoms with Crippen LogP contribution >= 0.6 is 12.2 Å². The lowest BCUT2D eigenvalue weighted by atomic mass is 9.81. The SMILES string of the molecule is Cc1ccc(C[NH+]2[C@@H]3CCC[C@H]2CC(NC(=S)Nc2cccc(C)c2)C3)cc1. The van der Waals surface area contributed by atoms with Crippen molar-refractivity contribution in [3.8, 4) is 0 Å². The van der Waals surface area contributed by atoms with Crippen molar-refractivity contribution in [2.24, 2.45) is 0 Å². The molecule has 2 bridgehead atoms. The van der Waals surface area contributed by atoms with E-state index in [9.17, 15) is 0 Å². The first kappa shape index (κ1) is 19.4. The van der Waals surface area contributed by atoms with Crippen LogP contribution in [0.25, 0.3) is 0 Å². The molecule has 3 nitrogen and oxygen atoms in total. The fraction of sp³-hybridized carbons (Fsp3) is 0.458. The molecule has 3 N–H and O–H groups in total. The van der Waals surface area contributed by atoms with Crippen LogP contribution in [0.1, 0.15) is 48.8 Å². The summed E-state index contributed by atoms with van der Waals surface area (Å²) in [7, 11) is 0. The Bertz CT molecular complexity index is 803. The normalized spacial score (nSPS) is 26.5. The molecule has 4 rings (SSSR count). The fourth-order valence-corrected chi connectivity index (χ4v) is 5.34. The van der Waals surface area contributed by atoms with Gasteiger partial charge in [0, 0.05) is 30.1 Å². The van der Waals surface area contributed by atoms with Crippen LogP contribution in [0.15, 0.2) is 48.5 Å². The van der Waals surface area contributed by atoms with E-state index in [0.29, 0.717) is 6.04 Å². The zero-order chi connectivity index (χ0) is 19.5. The molecule has 0 saturated carbocycles. The summed E-state index contributed by atoms with van der Waals surface area (Å²) in [5.41, 5.74) is 5.13. The summed E-state index contributed by atoms with van der Waals surface area (Å²) >= 11 is 5.61. The van der Waals surface area contributed by atoms with Gasteiger partial charge in [-0.2, -0.15) is 0 Å². The van der Waals surface area contributed by atoms with E-state index in [0.717, 1.165) is 29.4 Å². The predicted molar refractivity (Wildman–Crippen MR) is 121 cm³/mol. The largest absolute Gasteiger partial charge is 0.359 e. The van der Waals surface area contributed by atoms with Crippen LogP contribution < -0.4 is 15.5 Å². The monoisotopic (exact) mass is 394 g/mol. The van der Waals surface area contributed by atoms with E-state index < -0.39 is 0 Å². The Balaban J connectivity index is 1.36. The van der Waals surface area contributed by atoms with Crippen molar-refractivity contribution in [1.82, 2.24) is 5.32 Å². The lowest BCUT2D eigenvalue weighted by Gasteiger charge is -2.46. The maximum Gasteiger partial charge on any atom is 0.171 e. The summed E-state index contributed by atoms with van der Waals surface area (Å²) in [6, 6.07) is 19.5. The molecule has 2 aliphatic heterocycles. The van der Waals surface area contributed by atoms with Crippen LogP contribution in [0, 0.1) is 13.8 Å². The molecule has 2 unspecified atom stereocenters. The molecule has 0 aromatic heterocycles. The van der Waals surface area contributed by atoms with Gasteiger partial charge in [0.1, 0.15) is 6.54 Å². The first-order chi connectivity index (χ1) is 13.6. The molecule has 2 saturated heterocycles. The van der Waals surface area contributed by atoms with Crippen LogP contribution in [-0.2, 0) is 6.54 Å². The number of hydrogen-bond acceptors (Lipinski definition) is 1. The summed E-state index contributed by atoms with van der Waals surface area (Å²) in [6.45, 7) is 5.43. The van der Waals surface area contributed by atoms with Crippen LogP contribution in [-0.4, -0.2) is 23.2 Å². The highest BCUT2D eigenvalue weighted by atomic mass is 32.1. The van der Waals surface area contributed by atoms with Crippen molar-refractivity contribution in [2.75, 3.05) is 5.32 Å². The second-order valence-electron chi connectivity index (χ2n) is 8.70. The third kappa shape index (κ3) is 4.73. The van der Waals surface area contributed by atoms with Crippen molar-refractivity contribution in [1.29, 1.82) is 0 Å². The first-order valence-electron chi connectivity index (χ1n) is 10.6. The summed E-state index contributed by atoms with van der Waals surface area (Å²) in [6.07, 6.45) is 6.49. The smallest absolute Gasteiger partial charge is 0.171 e. The number of thiocarbonyl (C=S) groups is 1. The molecule has 4 heteroatoms. The average Bonchev–Trinajstić information content (AvgIpc) is 2.64. The van der Waals surface area contributed by atoms with E-state index >= 15 is 0 Å². The number of piperidine rings is 2. The van der Waals surface area contributed by atoms with E-state index in [2.05, 4.69) is 73.0 Å². The summed E-state index contributed by atoms with van der Waals surface area (Å²) < 4.78 is 0. The number of nitrogens with one attached hydrogen (secondary N) is 3. The molecule has 2 aliphatic rings. The van der Waals surface area contributed by atoms with Gasteiger partial charge in [-0.1, -0.05) is 42.0 Å². The first-order valence-corrected chi connectivity index (χ1v) is 11.0. The third-order valence-electron chi connectivity index (χ3n) is 6.43. The van der Waals surface area contributed by atoms with Gasteiger partial charge in [0.25, 0.3) is 0 Å². The van der Waals surface area contributed by atoms with Crippen LogP contribution in [0.2, 0.25) is 0 Å². The summed E-state index contributed by atoms with van der Waals surface area (Å²) in [4.78, 5) is 1.80. The van der Waals surface area contributed by atoms with Crippen molar-refractivity contribution in [2.45, 2.75) is 70.6 Å². The Hall–Kier alpha value is -1.91. The van der Waals surface area contributed by atoms with Crippen LogP contribution in [0.3, 0.4) is 0 Å². The van der Waals surface area contributed by atoms with E-state index in [4.69, 9.17) is 12.2 Å². The number of fused-ring (bicyclic) bond motifs is 2. The number of hydrogen-bond donors (Lipinski definition) is 3. The molecular formula is C24H32N3S+. The highest BCUT2D eigenvalue weighted by Gasteiger charge is 2.41. The number of aryl methyl sites for hydroxylation is 2. The van der Waals surface area contributed by atoms with Crippen molar-refractivity contribution in [3.05, 3.63) is 65.2 Å². The average molecular weight is 395 g/mol. The zero-order valence-electron chi connectivity index (χ0n) is 17.0. The third-order valence-corrected chi connectivity index (χ3v) is 6.65. The predicted octanol–water partition coefficient (Wildman–Crippen LogP) is 3.76. The van der Waals surface area contributed by atoms with E-state index in [-0.39, 0.29) is 0 Å². The van der Waals surface area contributed by atoms with Crippen molar-refractivity contribution >= 4 is 23.0 Å². The molecule has 148 valence electrons. The molecule has 0 amide bonds. The summed E-state index contributed by atoms with van der Waals surface area (Å²) in [5.74, 6) is 0. The lowest BCUT2D eigenvalue weighted by Crippen LogP contribution is -3.20. The Kier molecular flexibility index (Phi) is 5.98. The minimum absolute atomic E-state index is 0.488. The number of benzene rings is 2. The van der Waals surface area contributed by atoms with Gasteiger partial charge in [-0.15, -0.1) is 0 Å². The van der Waals surface area contributed by atoms with E-state index in [1.807, 2.05) is 0 Å². The second kappa shape index (κ2) is 8.62. The van der Waals surface area contributed by atoms with Crippen LogP contribution in [0.5, 0.6) is 0 Å². The molecule has 0 spiro atoms. The van der Waals surface area contributed by atoms with Gasteiger partial charge in [0.2, 0.25) is 0 Å². The van der Waals surface area contributed by atoms with Gasteiger partial charge in [-0.3, -0.25) is 0 Å². The maximum atomic E-state index is 5.61. The fourth-order valence-electron chi connectivity index (χ4n) is 5.06. The molecular weight excluding hydrogens is 362 g/mol. The minimum Gasteiger partial charge on any atom is -0.359 e. The van der Waals surface area contributed by atoms with E-state index in [1.165, 1.54) is 48.8 Å². The highest BCUT2D eigenvalue weighted by molar-refractivity contribution is 7.80. The molecule has 2 aromatic rings. The van der Waals surface area contributed by atoms with Crippen LogP contribution in [0.4, 0.5) is 5.69 Å². The van der Waals surface area contributed by atoms with Gasteiger partial charge in [0.15, 0.2) is 5.11 Å². The topological polar surface area (TPSA) is 28.5 Å². The van der Waals surface area contributed by atoms with Gasteiger partial charge in [0.05, 0.1) is 12.1 Å². The van der Waals surface area contributed by atoms with Crippen molar-refractivity contribution < 1.29 is 4.90 Å². The summed E-state index contributed by atoms with van der Waals surface area (Å²) in [5, 5.41) is 7.74. The Morgan fingerprint density at radius 2 is 1.71 bits per heavy atom. The molecule has 28 heavy (non-hydrogen) atoms. The molecule has 4 atom stereocenters. The Labute approximate surface area is 174 Å². The number of anilines is 1. The molecule has 0 radical (unpaired) electrons. The molecule has 2 aromatic carbocycles. The maximum absolute atomic E-state index is 5.61. The Morgan fingerprint density at radius 3 is 2.39 bits per heavy atom.